The van der Waals surface area contributed by atoms with E-state index in [1.54, 1.807) is 18.2 Å². The molecule has 0 fully saturated rings. The minimum atomic E-state index is -0.262. The van der Waals surface area contributed by atoms with Gasteiger partial charge in [0.1, 0.15) is 10.8 Å². The van der Waals surface area contributed by atoms with E-state index in [2.05, 4.69) is 4.98 Å². The van der Waals surface area contributed by atoms with Crippen molar-refractivity contribution >= 4 is 23.2 Å². The molecule has 0 aliphatic rings. The van der Waals surface area contributed by atoms with Gasteiger partial charge in [-0.2, -0.15) is 0 Å². The SMILES string of the molecule is CC(=O)C=Cc1csc(-c2ccc(F)cc2)n1. The summed E-state index contributed by atoms with van der Waals surface area (Å²) in [6.07, 6.45) is 3.15. The van der Waals surface area contributed by atoms with E-state index < -0.39 is 0 Å². The molecule has 17 heavy (non-hydrogen) atoms. The van der Waals surface area contributed by atoms with E-state index in [-0.39, 0.29) is 11.6 Å². The average Bonchev–Trinajstić information content (AvgIpc) is 2.76. The highest BCUT2D eigenvalue weighted by Gasteiger charge is 2.03. The van der Waals surface area contributed by atoms with Gasteiger partial charge in [-0.05, 0) is 43.3 Å². The number of benzene rings is 1. The molecule has 2 rings (SSSR count). The molecule has 0 unspecified atom stereocenters. The van der Waals surface area contributed by atoms with Gasteiger partial charge >= 0.3 is 0 Å². The van der Waals surface area contributed by atoms with E-state index >= 15 is 0 Å². The predicted molar refractivity (Wildman–Crippen MR) is 67.2 cm³/mol. The largest absolute Gasteiger partial charge is 0.295 e. The molecule has 0 bridgehead atoms. The first-order valence-electron chi connectivity index (χ1n) is 5.05. The van der Waals surface area contributed by atoms with Crippen molar-refractivity contribution < 1.29 is 9.18 Å². The molecule has 0 atom stereocenters. The summed E-state index contributed by atoms with van der Waals surface area (Å²) in [6.45, 7) is 1.49. The zero-order valence-electron chi connectivity index (χ0n) is 9.18. The second-order valence-electron chi connectivity index (χ2n) is 3.53. The van der Waals surface area contributed by atoms with Crippen molar-refractivity contribution in [3.05, 3.63) is 47.2 Å². The minimum Gasteiger partial charge on any atom is -0.295 e. The molecule has 1 aromatic carbocycles. The molecule has 0 spiro atoms. The number of hydrogen-bond acceptors (Lipinski definition) is 3. The van der Waals surface area contributed by atoms with Crippen LogP contribution in [0.5, 0.6) is 0 Å². The van der Waals surface area contributed by atoms with Crippen LogP contribution in [0.1, 0.15) is 12.6 Å². The van der Waals surface area contributed by atoms with E-state index in [0.717, 1.165) is 16.3 Å². The molecule has 0 aliphatic heterocycles. The molecule has 86 valence electrons. The van der Waals surface area contributed by atoms with Crippen LogP contribution in [-0.2, 0) is 4.79 Å². The molecule has 2 aromatic rings. The van der Waals surface area contributed by atoms with Gasteiger partial charge in [0.2, 0.25) is 0 Å². The molecule has 0 amide bonds. The number of aromatic nitrogens is 1. The zero-order chi connectivity index (χ0) is 12.3. The topological polar surface area (TPSA) is 30.0 Å². The third-order valence-corrected chi connectivity index (χ3v) is 3.01. The molecule has 0 radical (unpaired) electrons. The molecule has 0 saturated carbocycles. The number of thiazole rings is 1. The maximum Gasteiger partial charge on any atom is 0.152 e. The van der Waals surface area contributed by atoms with Crippen LogP contribution in [0.3, 0.4) is 0 Å². The first kappa shape index (κ1) is 11.7. The number of carbonyl (C=O) groups is 1. The molecule has 0 aliphatic carbocycles. The van der Waals surface area contributed by atoms with Gasteiger partial charge in [-0.25, -0.2) is 9.37 Å². The molecule has 0 N–H and O–H groups in total. The number of nitrogens with zero attached hydrogens (tertiary/aromatic N) is 1. The van der Waals surface area contributed by atoms with Gasteiger partial charge in [0, 0.05) is 10.9 Å². The van der Waals surface area contributed by atoms with Gasteiger partial charge in [0.15, 0.2) is 5.78 Å². The number of carbonyl (C=O) groups excluding carboxylic acids is 1. The minimum absolute atomic E-state index is 0.0127. The van der Waals surface area contributed by atoms with Gasteiger partial charge in [0.25, 0.3) is 0 Å². The Morgan fingerprint density at radius 3 is 2.71 bits per heavy atom. The molecular formula is C13H10FNOS. The smallest absolute Gasteiger partial charge is 0.152 e. The Bertz CT molecular complexity index is 557. The Labute approximate surface area is 102 Å². The Kier molecular flexibility index (Phi) is 3.44. The average molecular weight is 247 g/mol. The summed E-state index contributed by atoms with van der Waals surface area (Å²) in [5, 5.41) is 2.67. The highest BCUT2D eigenvalue weighted by molar-refractivity contribution is 7.13. The van der Waals surface area contributed by atoms with E-state index in [4.69, 9.17) is 0 Å². The van der Waals surface area contributed by atoms with E-state index in [1.807, 2.05) is 5.38 Å². The lowest BCUT2D eigenvalue weighted by atomic mass is 10.2. The fraction of sp³-hybridized carbons (Fsp3) is 0.0769. The van der Waals surface area contributed by atoms with E-state index in [0.29, 0.717) is 0 Å². The molecule has 4 heteroatoms. The summed E-state index contributed by atoms with van der Waals surface area (Å²) in [7, 11) is 0. The molecule has 0 saturated heterocycles. The fourth-order valence-electron chi connectivity index (χ4n) is 1.29. The summed E-state index contributed by atoms with van der Waals surface area (Å²) in [6, 6.07) is 6.18. The quantitative estimate of drug-likeness (QED) is 0.776. The van der Waals surface area contributed by atoms with Crippen LogP contribution < -0.4 is 0 Å². The van der Waals surface area contributed by atoms with Crippen molar-refractivity contribution in [3.63, 3.8) is 0 Å². The second kappa shape index (κ2) is 5.01. The van der Waals surface area contributed by atoms with Crippen LogP contribution >= 0.6 is 11.3 Å². The van der Waals surface area contributed by atoms with Crippen LogP contribution in [0, 0.1) is 5.82 Å². The number of rotatable bonds is 3. The normalized spacial score (nSPS) is 10.9. The number of hydrogen-bond donors (Lipinski definition) is 0. The number of halogens is 1. The number of ketones is 1. The van der Waals surface area contributed by atoms with Crippen LogP contribution in [-0.4, -0.2) is 10.8 Å². The van der Waals surface area contributed by atoms with Crippen molar-refractivity contribution in [2.75, 3.05) is 0 Å². The van der Waals surface area contributed by atoms with Crippen molar-refractivity contribution in [1.82, 2.24) is 4.98 Å². The monoisotopic (exact) mass is 247 g/mol. The van der Waals surface area contributed by atoms with Gasteiger partial charge in [-0.3, -0.25) is 4.79 Å². The van der Waals surface area contributed by atoms with Crippen LogP contribution in [0.25, 0.3) is 16.6 Å². The highest BCUT2D eigenvalue weighted by Crippen LogP contribution is 2.24. The van der Waals surface area contributed by atoms with Crippen molar-refractivity contribution in [2.45, 2.75) is 6.92 Å². The Hall–Kier alpha value is -1.81. The standard InChI is InChI=1S/C13H10FNOS/c1-9(16)2-7-12-8-17-13(15-12)10-3-5-11(14)6-4-10/h2-8H,1H3. The summed E-state index contributed by atoms with van der Waals surface area (Å²) < 4.78 is 12.8. The summed E-state index contributed by atoms with van der Waals surface area (Å²) in [5.41, 5.74) is 1.61. The first-order chi connectivity index (χ1) is 8.15. The van der Waals surface area contributed by atoms with E-state index in [1.165, 1.54) is 36.5 Å². The summed E-state index contributed by atoms with van der Waals surface area (Å²) >= 11 is 1.46. The van der Waals surface area contributed by atoms with Crippen molar-refractivity contribution in [2.24, 2.45) is 0 Å². The number of allylic oxidation sites excluding steroid dienone is 1. The Morgan fingerprint density at radius 1 is 1.35 bits per heavy atom. The van der Waals surface area contributed by atoms with Crippen LogP contribution in [0.4, 0.5) is 4.39 Å². The third kappa shape index (κ3) is 3.07. The molecule has 1 aromatic heterocycles. The van der Waals surface area contributed by atoms with Gasteiger partial charge in [-0.1, -0.05) is 0 Å². The van der Waals surface area contributed by atoms with Crippen molar-refractivity contribution in [1.29, 1.82) is 0 Å². The molecular weight excluding hydrogens is 237 g/mol. The molecule has 1 heterocycles. The van der Waals surface area contributed by atoms with E-state index in [9.17, 15) is 9.18 Å². The second-order valence-corrected chi connectivity index (χ2v) is 4.39. The lowest BCUT2D eigenvalue weighted by Gasteiger charge is -1.94. The summed E-state index contributed by atoms with van der Waals surface area (Å²) in [4.78, 5) is 15.1. The lowest BCUT2D eigenvalue weighted by Crippen LogP contribution is -1.81. The highest BCUT2D eigenvalue weighted by atomic mass is 32.1. The Balaban J connectivity index is 2.23. The van der Waals surface area contributed by atoms with Crippen LogP contribution in [0.2, 0.25) is 0 Å². The fourth-order valence-corrected chi connectivity index (χ4v) is 2.08. The zero-order valence-corrected chi connectivity index (χ0v) is 10.00. The van der Waals surface area contributed by atoms with Crippen LogP contribution in [0.15, 0.2) is 35.7 Å². The third-order valence-electron chi connectivity index (χ3n) is 2.10. The van der Waals surface area contributed by atoms with Gasteiger partial charge in [-0.15, -0.1) is 11.3 Å². The van der Waals surface area contributed by atoms with Gasteiger partial charge in [0.05, 0.1) is 5.69 Å². The summed E-state index contributed by atoms with van der Waals surface area (Å²) in [5.74, 6) is -0.275. The predicted octanol–water partition coefficient (Wildman–Crippen LogP) is 3.55. The Morgan fingerprint density at radius 2 is 2.06 bits per heavy atom. The van der Waals surface area contributed by atoms with Gasteiger partial charge < -0.3 is 0 Å². The maximum atomic E-state index is 12.8. The maximum absolute atomic E-state index is 12.8. The first-order valence-corrected chi connectivity index (χ1v) is 5.93. The van der Waals surface area contributed by atoms with Crippen molar-refractivity contribution in [3.8, 4) is 10.6 Å². The lowest BCUT2D eigenvalue weighted by molar-refractivity contribution is -0.112. The molecule has 2 nitrogen and oxygen atoms in total.